The van der Waals surface area contributed by atoms with Gasteiger partial charge >= 0.3 is 0 Å². The molecule has 2 aromatic heterocycles. The van der Waals surface area contributed by atoms with Crippen LogP contribution in [0.2, 0.25) is 0 Å². The second-order valence-electron chi connectivity index (χ2n) is 6.96. The lowest BCUT2D eigenvalue weighted by atomic mass is 9.92. The number of aromatic nitrogens is 4. The molecule has 7 heteroatoms. The Morgan fingerprint density at radius 3 is 2.50 bits per heavy atom. The second-order valence-corrected chi connectivity index (χ2v) is 6.96. The summed E-state index contributed by atoms with van der Waals surface area (Å²) >= 11 is 0. The second kappa shape index (κ2) is 7.23. The van der Waals surface area contributed by atoms with Crippen LogP contribution in [0.1, 0.15) is 32.0 Å². The number of rotatable bonds is 5. The Labute approximate surface area is 152 Å². The maximum absolute atomic E-state index is 8.72. The van der Waals surface area contributed by atoms with E-state index in [9.17, 15) is 0 Å². The van der Waals surface area contributed by atoms with Crippen molar-refractivity contribution in [2.24, 2.45) is 0 Å². The van der Waals surface area contributed by atoms with Crippen LogP contribution >= 0.6 is 0 Å². The van der Waals surface area contributed by atoms with E-state index in [4.69, 9.17) is 5.26 Å². The van der Waals surface area contributed by atoms with E-state index in [1.807, 2.05) is 30.3 Å². The highest BCUT2D eigenvalue weighted by Gasteiger charge is 2.16. The molecule has 0 saturated carbocycles. The van der Waals surface area contributed by atoms with Crippen molar-refractivity contribution in [1.82, 2.24) is 20.2 Å². The van der Waals surface area contributed by atoms with Crippen molar-refractivity contribution < 1.29 is 0 Å². The van der Waals surface area contributed by atoms with Crippen LogP contribution < -0.4 is 10.6 Å². The molecule has 0 radical (unpaired) electrons. The largest absolute Gasteiger partial charge is 0.324 e. The lowest BCUT2D eigenvalue weighted by Crippen LogP contribution is -2.11. The van der Waals surface area contributed by atoms with Gasteiger partial charge in [-0.1, -0.05) is 32.9 Å². The first-order valence-corrected chi connectivity index (χ1v) is 8.33. The molecule has 0 saturated heterocycles. The average molecular weight is 347 g/mol. The van der Waals surface area contributed by atoms with Gasteiger partial charge in [0, 0.05) is 29.1 Å². The maximum atomic E-state index is 8.72. The van der Waals surface area contributed by atoms with E-state index < -0.39 is 0 Å². The fraction of sp³-hybridized carbons (Fsp3) is 0.263. The molecule has 0 spiro atoms. The number of aromatic amines is 1. The highest BCUT2D eigenvalue weighted by Crippen LogP contribution is 2.23. The fourth-order valence-electron chi connectivity index (χ4n) is 2.32. The highest BCUT2D eigenvalue weighted by molar-refractivity contribution is 5.58. The van der Waals surface area contributed by atoms with Gasteiger partial charge in [-0.25, -0.2) is 4.98 Å². The third kappa shape index (κ3) is 4.36. The molecule has 132 valence electrons. The van der Waals surface area contributed by atoms with Crippen molar-refractivity contribution in [3.63, 3.8) is 0 Å². The summed E-state index contributed by atoms with van der Waals surface area (Å²) in [6.45, 7) is 6.37. The average Bonchev–Trinajstić information content (AvgIpc) is 3.06. The Hall–Kier alpha value is -3.40. The number of nitriles is 1. The molecule has 2 heterocycles. The van der Waals surface area contributed by atoms with E-state index in [-0.39, 0.29) is 5.41 Å². The molecule has 7 nitrogen and oxygen atoms in total. The number of anilines is 4. The summed E-state index contributed by atoms with van der Waals surface area (Å²) in [7, 11) is 0. The Bertz CT molecular complexity index is 914. The molecular weight excluding hydrogens is 326 g/mol. The Morgan fingerprint density at radius 1 is 1.08 bits per heavy atom. The number of hydrogen-bond acceptors (Lipinski definition) is 6. The summed E-state index contributed by atoms with van der Waals surface area (Å²) < 4.78 is 0. The topological polar surface area (TPSA) is 102 Å². The van der Waals surface area contributed by atoms with Crippen molar-refractivity contribution in [2.75, 3.05) is 10.6 Å². The molecular formula is C19H21N7. The zero-order valence-electron chi connectivity index (χ0n) is 15.0. The molecule has 0 aliphatic carbocycles. The molecule has 0 aliphatic rings. The molecule has 1 aromatic carbocycles. The van der Waals surface area contributed by atoms with Gasteiger partial charge in [-0.3, -0.25) is 5.10 Å². The van der Waals surface area contributed by atoms with E-state index in [2.05, 4.69) is 57.6 Å². The zero-order valence-corrected chi connectivity index (χ0v) is 15.0. The smallest absolute Gasteiger partial charge is 0.229 e. The molecule has 0 atom stereocenters. The normalized spacial score (nSPS) is 11.0. The summed E-state index contributed by atoms with van der Waals surface area (Å²) in [5.74, 6) is 1.84. The summed E-state index contributed by atoms with van der Waals surface area (Å²) in [5, 5.41) is 22.4. The Kier molecular flexibility index (Phi) is 4.85. The fourth-order valence-corrected chi connectivity index (χ4v) is 2.32. The van der Waals surface area contributed by atoms with Gasteiger partial charge < -0.3 is 10.6 Å². The van der Waals surface area contributed by atoms with Gasteiger partial charge in [0.2, 0.25) is 5.95 Å². The summed E-state index contributed by atoms with van der Waals surface area (Å²) in [6.07, 6.45) is 2.08. The van der Waals surface area contributed by atoms with Gasteiger partial charge in [0.25, 0.3) is 0 Å². The van der Waals surface area contributed by atoms with Crippen molar-refractivity contribution in [1.29, 1.82) is 5.26 Å². The van der Waals surface area contributed by atoms with Crippen LogP contribution in [-0.4, -0.2) is 20.2 Å². The zero-order chi connectivity index (χ0) is 18.6. The van der Waals surface area contributed by atoms with E-state index in [0.717, 1.165) is 16.9 Å². The van der Waals surface area contributed by atoms with Crippen LogP contribution in [0.25, 0.3) is 0 Å². The van der Waals surface area contributed by atoms with Crippen molar-refractivity contribution in [2.45, 2.75) is 32.6 Å². The lowest BCUT2D eigenvalue weighted by Gasteiger charge is -2.14. The maximum Gasteiger partial charge on any atom is 0.229 e. The number of H-pyrrole nitrogens is 1. The van der Waals surface area contributed by atoms with Crippen LogP contribution in [0, 0.1) is 11.3 Å². The Morgan fingerprint density at radius 2 is 1.85 bits per heavy atom. The predicted molar refractivity (Wildman–Crippen MR) is 102 cm³/mol. The van der Waals surface area contributed by atoms with Crippen molar-refractivity contribution in [3.05, 3.63) is 53.9 Å². The standard InChI is InChI=1S/C19H21N7/c1-19(2,3)15-12-17(26-25-15)23-16-9-11-21-18(24-16)22-14-6-4-13(5-7-14)8-10-20/h4-7,9,11-12H,8H2,1-3H3,(H3,21,22,23,24,25,26). The van der Waals surface area contributed by atoms with E-state index in [1.54, 1.807) is 12.3 Å². The first-order chi connectivity index (χ1) is 12.4. The first kappa shape index (κ1) is 17.4. The van der Waals surface area contributed by atoms with Gasteiger partial charge in [0.1, 0.15) is 5.82 Å². The molecule has 26 heavy (non-hydrogen) atoms. The van der Waals surface area contributed by atoms with Crippen LogP contribution in [0.3, 0.4) is 0 Å². The molecule has 0 bridgehead atoms. The van der Waals surface area contributed by atoms with Gasteiger partial charge in [-0.05, 0) is 23.8 Å². The SMILES string of the molecule is CC(C)(C)c1cc(Nc2ccnc(Nc3ccc(CC#N)cc3)n2)n[nH]1. The van der Waals surface area contributed by atoms with Crippen LogP contribution in [0.15, 0.2) is 42.6 Å². The lowest BCUT2D eigenvalue weighted by molar-refractivity contribution is 0.567. The third-order valence-electron chi connectivity index (χ3n) is 3.79. The minimum atomic E-state index is 0.00300. The van der Waals surface area contributed by atoms with E-state index in [0.29, 0.717) is 24.0 Å². The van der Waals surface area contributed by atoms with E-state index in [1.165, 1.54) is 0 Å². The van der Waals surface area contributed by atoms with Crippen LogP contribution in [0.5, 0.6) is 0 Å². The number of nitrogens with zero attached hydrogens (tertiary/aromatic N) is 4. The van der Waals surface area contributed by atoms with Crippen LogP contribution in [0.4, 0.5) is 23.3 Å². The predicted octanol–water partition coefficient (Wildman–Crippen LogP) is 4.05. The molecule has 0 unspecified atom stereocenters. The highest BCUT2D eigenvalue weighted by atomic mass is 15.2. The minimum Gasteiger partial charge on any atom is -0.324 e. The summed E-state index contributed by atoms with van der Waals surface area (Å²) in [5.41, 5.74) is 2.88. The van der Waals surface area contributed by atoms with Crippen molar-refractivity contribution >= 4 is 23.3 Å². The molecule has 3 aromatic rings. The third-order valence-corrected chi connectivity index (χ3v) is 3.79. The number of benzene rings is 1. The summed E-state index contributed by atoms with van der Waals surface area (Å²) in [4.78, 5) is 8.69. The monoisotopic (exact) mass is 347 g/mol. The molecule has 3 rings (SSSR count). The molecule has 0 amide bonds. The molecule has 0 aliphatic heterocycles. The first-order valence-electron chi connectivity index (χ1n) is 8.33. The van der Waals surface area contributed by atoms with Crippen LogP contribution in [-0.2, 0) is 11.8 Å². The number of hydrogen-bond donors (Lipinski definition) is 3. The van der Waals surface area contributed by atoms with E-state index >= 15 is 0 Å². The van der Waals surface area contributed by atoms with Gasteiger partial charge in [-0.2, -0.15) is 15.3 Å². The molecule has 0 fully saturated rings. The minimum absolute atomic E-state index is 0.00300. The van der Waals surface area contributed by atoms with Gasteiger partial charge in [0.15, 0.2) is 5.82 Å². The van der Waals surface area contributed by atoms with Gasteiger partial charge in [0.05, 0.1) is 12.5 Å². The van der Waals surface area contributed by atoms with Gasteiger partial charge in [-0.15, -0.1) is 0 Å². The summed E-state index contributed by atoms with van der Waals surface area (Å²) in [6, 6.07) is 13.5. The quantitative estimate of drug-likeness (QED) is 0.643. The number of nitrogens with one attached hydrogen (secondary N) is 3. The molecule has 3 N–H and O–H groups in total. The Balaban J connectivity index is 1.70. The van der Waals surface area contributed by atoms with Crippen molar-refractivity contribution in [3.8, 4) is 6.07 Å².